The zero-order chi connectivity index (χ0) is 19.5. The molecule has 0 radical (unpaired) electrons. The number of nitrogens with zero attached hydrogens (tertiary/aromatic N) is 3. The molecule has 28 heavy (non-hydrogen) atoms. The van der Waals surface area contributed by atoms with E-state index in [-0.39, 0.29) is 7.21 Å². The predicted molar refractivity (Wildman–Crippen MR) is 114 cm³/mol. The maximum absolute atomic E-state index is 12.9. The van der Waals surface area contributed by atoms with Crippen molar-refractivity contribution >= 4 is 11.6 Å². The summed E-state index contributed by atoms with van der Waals surface area (Å²) in [7, 11) is 0. The van der Waals surface area contributed by atoms with Crippen LogP contribution < -0.4 is 4.90 Å². The Morgan fingerprint density at radius 1 is 1.07 bits per heavy atom. The van der Waals surface area contributed by atoms with Crippen LogP contribution in [0.15, 0.2) is 60.8 Å². The summed E-state index contributed by atoms with van der Waals surface area (Å²) in [5.74, 6) is 1.31. The van der Waals surface area contributed by atoms with Gasteiger partial charge in [-0.25, -0.2) is 4.98 Å². The molecule has 0 saturated carbocycles. The number of benzene rings is 1. The monoisotopic (exact) mass is 373 g/mol. The molecular formula is C24H27N3O. The number of anilines is 1. The number of piperidine rings is 1. The lowest BCUT2D eigenvalue weighted by atomic mass is 9.88. The number of carbonyl (C=O) groups excluding carboxylic acids is 1. The van der Waals surface area contributed by atoms with Crippen molar-refractivity contribution in [1.82, 2.24) is 9.97 Å². The summed E-state index contributed by atoms with van der Waals surface area (Å²) in [4.78, 5) is 24.2. The van der Waals surface area contributed by atoms with E-state index < -0.39 is 0 Å². The Kier molecular flexibility index (Phi) is 5.20. The zero-order valence-electron chi connectivity index (χ0n) is 16.4. The molecule has 4 rings (SSSR count). The van der Waals surface area contributed by atoms with Gasteiger partial charge in [0.15, 0.2) is 0 Å². The van der Waals surface area contributed by atoms with Crippen LogP contribution in [0.4, 0.5) is 5.82 Å². The summed E-state index contributed by atoms with van der Waals surface area (Å²) in [6.45, 7) is 5.94. The van der Waals surface area contributed by atoms with Crippen LogP contribution in [0.2, 0.25) is 0 Å². The molecule has 3 heterocycles. The van der Waals surface area contributed by atoms with Gasteiger partial charge in [0.2, 0.25) is 5.78 Å². The average Bonchev–Trinajstić information content (AvgIpc) is 2.74. The minimum absolute atomic E-state index is 0. The van der Waals surface area contributed by atoms with Crippen LogP contribution in [0.3, 0.4) is 0 Å². The van der Waals surface area contributed by atoms with E-state index in [0.717, 1.165) is 31.0 Å². The molecule has 1 aliphatic rings. The van der Waals surface area contributed by atoms with Gasteiger partial charge in [0.05, 0.1) is 0 Å². The number of carbonyl (C=O) groups is 1. The highest BCUT2D eigenvalue weighted by molar-refractivity contribution is 6.08. The molecule has 144 valence electrons. The number of aryl methyl sites for hydroxylation is 2. The van der Waals surface area contributed by atoms with E-state index in [1.54, 1.807) is 18.3 Å². The van der Waals surface area contributed by atoms with Crippen molar-refractivity contribution in [2.75, 3.05) is 18.0 Å². The largest absolute Gasteiger partial charge is 0.356 e. The van der Waals surface area contributed by atoms with Gasteiger partial charge in [0.1, 0.15) is 11.5 Å². The third-order valence-electron chi connectivity index (χ3n) is 5.59. The van der Waals surface area contributed by atoms with Crippen molar-refractivity contribution in [3.05, 3.63) is 88.9 Å². The van der Waals surface area contributed by atoms with Crippen molar-refractivity contribution in [3.8, 4) is 0 Å². The van der Waals surface area contributed by atoms with Gasteiger partial charge in [0.25, 0.3) is 0 Å². The Bertz CT molecular complexity index is 1000. The summed E-state index contributed by atoms with van der Waals surface area (Å²) >= 11 is 0. The molecule has 3 aromatic rings. The van der Waals surface area contributed by atoms with Crippen molar-refractivity contribution < 1.29 is 6.22 Å². The van der Waals surface area contributed by atoms with Crippen LogP contribution in [0.1, 0.15) is 53.1 Å². The van der Waals surface area contributed by atoms with Gasteiger partial charge in [-0.05, 0) is 62.1 Å². The molecule has 0 bridgehead atoms. The van der Waals surface area contributed by atoms with E-state index in [0.29, 0.717) is 17.2 Å². The van der Waals surface area contributed by atoms with Crippen molar-refractivity contribution in [2.24, 2.45) is 0 Å². The lowest BCUT2D eigenvalue weighted by molar-refractivity contribution is 0.103. The molecular weight excluding hydrogens is 346 g/mol. The van der Waals surface area contributed by atoms with E-state index in [1.165, 1.54) is 17.5 Å². The Hall–Kier alpha value is -3.01. The second-order valence-electron chi connectivity index (χ2n) is 7.49. The quantitative estimate of drug-likeness (QED) is 0.607. The number of rotatable bonds is 4. The SMILES string of the molecule is Cc1ccccc1C1CCCN(c2cccc(C(=O)c3cccnc3C)n2)C1.[HH]. The minimum atomic E-state index is -0.0695. The molecule has 1 atom stereocenters. The Morgan fingerprint density at radius 2 is 1.93 bits per heavy atom. The number of pyridine rings is 2. The second-order valence-corrected chi connectivity index (χ2v) is 7.49. The fraction of sp³-hybridized carbons (Fsp3) is 0.292. The van der Waals surface area contributed by atoms with Gasteiger partial charge in [0, 0.05) is 37.9 Å². The van der Waals surface area contributed by atoms with E-state index in [9.17, 15) is 4.79 Å². The van der Waals surface area contributed by atoms with Gasteiger partial charge < -0.3 is 4.90 Å². The highest BCUT2D eigenvalue weighted by atomic mass is 16.1. The van der Waals surface area contributed by atoms with Crippen LogP contribution in [-0.4, -0.2) is 28.8 Å². The molecule has 1 saturated heterocycles. The molecule has 0 N–H and O–H groups in total. The first-order chi connectivity index (χ1) is 13.6. The van der Waals surface area contributed by atoms with Crippen LogP contribution >= 0.6 is 0 Å². The van der Waals surface area contributed by atoms with Gasteiger partial charge in [-0.3, -0.25) is 9.78 Å². The third-order valence-corrected chi connectivity index (χ3v) is 5.59. The summed E-state index contributed by atoms with van der Waals surface area (Å²) in [5.41, 5.74) is 4.59. The maximum atomic E-state index is 12.9. The van der Waals surface area contributed by atoms with Crippen molar-refractivity contribution in [3.63, 3.8) is 0 Å². The van der Waals surface area contributed by atoms with Gasteiger partial charge in [-0.1, -0.05) is 30.3 Å². The molecule has 0 spiro atoms. The molecule has 2 aromatic heterocycles. The zero-order valence-corrected chi connectivity index (χ0v) is 16.4. The fourth-order valence-electron chi connectivity index (χ4n) is 4.07. The van der Waals surface area contributed by atoms with E-state index in [1.807, 2.05) is 25.1 Å². The van der Waals surface area contributed by atoms with Crippen LogP contribution in [0.5, 0.6) is 0 Å². The fourth-order valence-corrected chi connectivity index (χ4v) is 4.07. The summed E-state index contributed by atoms with van der Waals surface area (Å²) in [6, 6.07) is 18.0. The first-order valence-electron chi connectivity index (χ1n) is 9.87. The van der Waals surface area contributed by atoms with E-state index >= 15 is 0 Å². The molecule has 1 unspecified atom stereocenters. The highest BCUT2D eigenvalue weighted by Gasteiger charge is 2.24. The number of hydrogen-bond donors (Lipinski definition) is 0. The molecule has 4 nitrogen and oxygen atoms in total. The van der Waals surface area contributed by atoms with Gasteiger partial charge >= 0.3 is 0 Å². The summed E-state index contributed by atoms with van der Waals surface area (Å²) < 4.78 is 0. The molecule has 1 aliphatic heterocycles. The highest BCUT2D eigenvalue weighted by Crippen LogP contribution is 2.31. The number of aromatic nitrogens is 2. The minimum Gasteiger partial charge on any atom is -0.356 e. The molecule has 1 fully saturated rings. The van der Waals surface area contributed by atoms with Crippen molar-refractivity contribution in [1.29, 1.82) is 0 Å². The summed E-state index contributed by atoms with van der Waals surface area (Å²) in [5, 5.41) is 0. The lowest BCUT2D eigenvalue weighted by Gasteiger charge is -2.34. The first-order valence-corrected chi connectivity index (χ1v) is 9.87. The molecule has 0 amide bonds. The topological polar surface area (TPSA) is 46.1 Å². The third kappa shape index (κ3) is 3.68. The first kappa shape index (κ1) is 18.4. The molecule has 0 aliphatic carbocycles. The second kappa shape index (κ2) is 7.93. The number of hydrogen-bond acceptors (Lipinski definition) is 4. The Morgan fingerprint density at radius 3 is 2.75 bits per heavy atom. The standard InChI is InChI=1S/C24H25N3O.H2/c1-17-8-3-4-10-20(17)19-9-7-15-27(16-19)23-13-5-12-22(26-23)24(28)21-11-6-14-25-18(21)2;/h3-6,8,10-14,19H,7,9,15-16H2,1-2H3;1H. The smallest absolute Gasteiger partial charge is 0.213 e. The summed E-state index contributed by atoms with van der Waals surface area (Å²) in [6.07, 6.45) is 4.02. The predicted octanol–water partition coefficient (Wildman–Crippen LogP) is 4.95. The van der Waals surface area contributed by atoms with Crippen LogP contribution in [-0.2, 0) is 0 Å². The van der Waals surface area contributed by atoms with E-state index in [2.05, 4.69) is 41.1 Å². The van der Waals surface area contributed by atoms with Crippen molar-refractivity contribution in [2.45, 2.75) is 32.6 Å². The molecule has 4 heteroatoms. The Balaban J connectivity index is 0.00000240. The van der Waals surface area contributed by atoms with Crippen LogP contribution in [0, 0.1) is 13.8 Å². The van der Waals surface area contributed by atoms with Gasteiger partial charge in [-0.2, -0.15) is 0 Å². The van der Waals surface area contributed by atoms with E-state index in [4.69, 9.17) is 4.98 Å². The molecule has 1 aromatic carbocycles. The maximum Gasteiger partial charge on any atom is 0.213 e. The van der Waals surface area contributed by atoms with Gasteiger partial charge in [-0.15, -0.1) is 0 Å². The normalized spacial score (nSPS) is 16.8. The lowest BCUT2D eigenvalue weighted by Crippen LogP contribution is -2.35. The number of ketones is 1. The Labute approximate surface area is 167 Å². The van der Waals surface area contributed by atoms with Crippen LogP contribution in [0.25, 0.3) is 0 Å². The average molecular weight is 374 g/mol.